The van der Waals surface area contributed by atoms with Crippen molar-refractivity contribution in [3.63, 3.8) is 0 Å². The van der Waals surface area contributed by atoms with Crippen LogP contribution in [-0.4, -0.2) is 17.9 Å². The van der Waals surface area contributed by atoms with Gasteiger partial charge in [0.05, 0.1) is 6.42 Å². The lowest BCUT2D eigenvalue weighted by molar-refractivity contribution is -0.120. The van der Waals surface area contributed by atoms with E-state index in [1.807, 2.05) is 38.1 Å². The van der Waals surface area contributed by atoms with Crippen molar-refractivity contribution in [2.75, 3.05) is 5.32 Å². The quantitative estimate of drug-likeness (QED) is 0.851. The molecule has 1 aromatic carbocycles. The summed E-state index contributed by atoms with van der Waals surface area (Å²) in [6.07, 6.45) is 2.60. The fourth-order valence-electron chi connectivity index (χ4n) is 1.68. The van der Waals surface area contributed by atoms with Crippen molar-refractivity contribution < 1.29 is 9.59 Å². The van der Waals surface area contributed by atoms with E-state index in [0.717, 1.165) is 24.1 Å². The summed E-state index contributed by atoms with van der Waals surface area (Å²) in [6.45, 7) is 3.71. The van der Waals surface area contributed by atoms with Gasteiger partial charge in [0.15, 0.2) is 0 Å². The molecule has 1 aliphatic carbocycles. The molecule has 1 aromatic rings. The molecular weight excluding hydrogens is 240 g/mol. The first kappa shape index (κ1) is 13.6. The van der Waals surface area contributed by atoms with Crippen LogP contribution in [0.5, 0.6) is 0 Å². The minimum atomic E-state index is -0.0380. The second-order valence-electron chi connectivity index (χ2n) is 5.36. The van der Waals surface area contributed by atoms with Crippen LogP contribution in [0.1, 0.15) is 32.3 Å². The van der Waals surface area contributed by atoms with Crippen molar-refractivity contribution in [3.05, 3.63) is 29.8 Å². The van der Waals surface area contributed by atoms with Crippen molar-refractivity contribution in [3.8, 4) is 0 Å². The Kier molecular flexibility index (Phi) is 4.20. The molecule has 1 fully saturated rings. The molecule has 19 heavy (non-hydrogen) atoms. The van der Waals surface area contributed by atoms with Crippen molar-refractivity contribution >= 4 is 17.5 Å². The van der Waals surface area contributed by atoms with Gasteiger partial charge >= 0.3 is 0 Å². The summed E-state index contributed by atoms with van der Waals surface area (Å²) in [4.78, 5) is 23.2. The van der Waals surface area contributed by atoms with Gasteiger partial charge in [0.25, 0.3) is 0 Å². The molecular formula is C15H20N2O2. The van der Waals surface area contributed by atoms with E-state index in [0.29, 0.717) is 12.5 Å². The lowest BCUT2D eigenvalue weighted by Gasteiger charge is -2.08. The zero-order chi connectivity index (χ0) is 13.8. The van der Waals surface area contributed by atoms with Crippen molar-refractivity contribution in [1.82, 2.24) is 5.32 Å². The number of carbonyl (C=O) groups excluding carboxylic acids is 2. The van der Waals surface area contributed by atoms with Gasteiger partial charge in [0, 0.05) is 17.6 Å². The van der Waals surface area contributed by atoms with Crippen LogP contribution in [0.4, 0.5) is 5.69 Å². The van der Waals surface area contributed by atoms with E-state index in [1.165, 1.54) is 0 Å². The standard InChI is InChI=1S/C15H20N2O2/c1-10(2)15(19)17-13-5-3-11(4-6-13)9-14(18)16-12-7-8-12/h3-6,10,12H,7-9H2,1-2H3,(H,16,18)(H,17,19). The van der Waals surface area contributed by atoms with Gasteiger partial charge in [-0.1, -0.05) is 26.0 Å². The number of benzene rings is 1. The molecule has 0 aromatic heterocycles. The van der Waals surface area contributed by atoms with Crippen molar-refractivity contribution in [1.29, 1.82) is 0 Å². The third-order valence-corrected chi connectivity index (χ3v) is 3.05. The van der Waals surface area contributed by atoms with E-state index in [1.54, 1.807) is 0 Å². The SMILES string of the molecule is CC(C)C(=O)Nc1ccc(CC(=O)NC2CC2)cc1. The van der Waals surface area contributed by atoms with Crippen LogP contribution in [0.25, 0.3) is 0 Å². The molecule has 0 unspecified atom stereocenters. The van der Waals surface area contributed by atoms with Gasteiger partial charge in [-0.25, -0.2) is 0 Å². The average Bonchev–Trinajstić information content (AvgIpc) is 3.15. The molecule has 0 spiro atoms. The Morgan fingerprint density at radius 1 is 1.21 bits per heavy atom. The third kappa shape index (κ3) is 4.39. The second kappa shape index (κ2) is 5.87. The number of rotatable bonds is 5. The number of anilines is 1. The third-order valence-electron chi connectivity index (χ3n) is 3.05. The molecule has 1 aliphatic rings. The van der Waals surface area contributed by atoms with Gasteiger partial charge in [-0.15, -0.1) is 0 Å². The molecule has 0 radical (unpaired) electrons. The Balaban J connectivity index is 1.86. The Morgan fingerprint density at radius 3 is 2.37 bits per heavy atom. The second-order valence-corrected chi connectivity index (χ2v) is 5.36. The van der Waals surface area contributed by atoms with Gasteiger partial charge < -0.3 is 10.6 Å². The molecule has 0 heterocycles. The lowest BCUT2D eigenvalue weighted by Crippen LogP contribution is -2.26. The summed E-state index contributed by atoms with van der Waals surface area (Å²) in [5.74, 6) is 0.0321. The normalized spacial score (nSPS) is 14.3. The highest BCUT2D eigenvalue weighted by Gasteiger charge is 2.22. The number of nitrogens with one attached hydrogen (secondary N) is 2. The molecule has 0 aliphatic heterocycles. The van der Waals surface area contributed by atoms with E-state index in [2.05, 4.69) is 10.6 Å². The summed E-state index contributed by atoms with van der Waals surface area (Å²) in [7, 11) is 0. The maximum absolute atomic E-state index is 11.6. The first-order valence-electron chi connectivity index (χ1n) is 6.74. The summed E-state index contributed by atoms with van der Waals surface area (Å²) >= 11 is 0. The first-order chi connectivity index (χ1) is 9.04. The minimum Gasteiger partial charge on any atom is -0.353 e. The molecule has 2 N–H and O–H groups in total. The molecule has 0 atom stereocenters. The average molecular weight is 260 g/mol. The molecule has 4 nitrogen and oxygen atoms in total. The summed E-state index contributed by atoms with van der Waals surface area (Å²) in [5, 5.41) is 5.78. The summed E-state index contributed by atoms with van der Waals surface area (Å²) in [6, 6.07) is 7.82. The lowest BCUT2D eigenvalue weighted by atomic mass is 10.1. The van der Waals surface area contributed by atoms with Gasteiger partial charge in [0.1, 0.15) is 0 Å². The zero-order valence-electron chi connectivity index (χ0n) is 11.4. The Hall–Kier alpha value is -1.84. The molecule has 1 saturated carbocycles. The maximum atomic E-state index is 11.6. The molecule has 2 amide bonds. The Bertz CT molecular complexity index is 462. The van der Waals surface area contributed by atoms with Gasteiger partial charge in [-0.2, -0.15) is 0 Å². The van der Waals surface area contributed by atoms with Crippen molar-refractivity contribution in [2.24, 2.45) is 5.92 Å². The van der Waals surface area contributed by atoms with E-state index >= 15 is 0 Å². The van der Waals surface area contributed by atoms with E-state index < -0.39 is 0 Å². The number of amides is 2. The van der Waals surface area contributed by atoms with Gasteiger partial charge in [0.2, 0.25) is 11.8 Å². The largest absolute Gasteiger partial charge is 0.353 e. The van der Waals surface area contributed by atoms with Crippen LogP contribution in [-0.2, 0) is 16.0 Å². The van der Waals surface area contributed by atoms with Gasteiger partial charge in [-0.05, 0) is 30.5 Å². The Labute approximate surface area is 113 Å². The summed E-state index contributed by atoms with van der Waals surface area (Å²) < 4.78 is 0. The number of carbonyl (C=O) groups is 2. The highest BCUT2D eigenvalue weighted by atomic mass is 16.2. The van der Waals surface area contributed by atoms with E-state index in [4.69, 9.17) is 0 Å². The van der Waals surface area contributed by atoms with Crippen LogP contribution in [0, 0.1) is 5.92 Å². The highest BCUT2D eigenvalue weighted by Crippen LogP contribution is 2.19. The molecule has 4 heteroatoms. The van der Waals surface area contributed by atoms with Crippen LogP contribution < -0.4 is 10.6 Å². The summed E-state index contributed by atoms with van der Waals surface area (Å²) in [5.41, 5.74) is 1.73. The fraction of sp³-hybridized carbons (Fsp3) is 0.467. The number of hydrogen-bond acceptors (Lipinski definition) is 2. The van der Waals surface area contributed by atoms with Crippen molar-refractivity contribution in [2.45, 2.75) is 39.2 Å². The van der Waals surface area contributed by atoms with Crippen LogP contribution in [0.15, 0.2) is 24.3 Å². The molecule has 0 saturated heterocycles. The zero-order valence-corrected chi connectivity index (χ0v) is 11.4. The number of hydrogen-bond donors (Lipinski definition) is 2. The fourth-order valence-corrected chi connectivity index (χ4v) is 1.68. The Morgan fingerprint density at radius 2 is 1.84 bits per heavy atom. The maximum Gasteiger partial charge on any atom is 0.226 e. The predicted octanol–water partition coefficient (Wildman–Crippen LogP) is 2.10. The van der Waals surface area contributed by atoms with Gasteiger partial charge in [-0.3, -0.25) is 9.59 Å². The smallest absolute Gasteiger partial charge is 0.226 e. The minimum absolute atomic E-state index is 0.000716. The van der Waals surface area contributed by atoms with E-state index in [-0.39, 0.29) is 17.7 Å². The molecule has 0 bridgehead atoms. The molecule has 102 valence electrons. The first-order valence-corrected chi connectivity index (χ1v) is 6.74. The van der Waals surface area contributed by atoms with E-state index in [9.17, 15) is 9.59 Å². The monoisotopic (exact) mass is 260 g/mol. The van der Waals surface area contributed by atoms with Crippen LogP contribution >= 0.6 is 0 Å². The van der Waals surface area contributed by atoms with Crippen LogP contribution in [0.2, 0.25) is 0 Å². The topological polar surface area (TPSA) is 58.2 Å². The predicted molar refractivity (Wildman–Crippen MR) is 74.8 cm³/mol. The van der Waals surface area contributed by atoms with Crippen LogP contribution in [0.3, 0.4) is 0 Å². The highest BCUT2D eigenvalue weighted by molar-refractivity contribution is 5.92. The molecule has 2 rings (SSSR count).